The van der Waals surface area contributed by atoms with Crippen molar-refractivity contribution < 1.29 is 5.11 Å². The molecule has 1 N–H and O–H groups in total. The lowest BCUT2D eigenvalue weighted by molar-refractivity contribution is 0.163. The van der Waals surface area contributed by atoms with Gasteiger partial charge in [0.05, 0.1) is 6.10 Å². The summed E-state index contributed by atoms with van der Waals surface area (Å²) in [5.41, 5.74) is 3.45. The largest absolute Gasteiger partial charge is 0.388 e. The molecule has 2 aromatic rings. The van der Waals surface area contributed by atoms with Crippen LogP contribution in [0, 0.1) is 0 Å². The van der Waals surface area contributed by atoms with Crippen LogP contribution in [0.5, 0.6) is 0 Å². The Balaban J connectivity index is 1.94. The lowest BCUT2D eigenvalue weighted by Gasteiger charge is -2.11. The molecule has 2 aromatic carbocycles. The first kappa shape index (κ1) is 14.8. The van der Waals surface area contributed by atoms with Crippen LogP contribution in [0.3, 0.4) is 0 Å². The summed E-state index contributed by atoms with van der Waals surface area (Å²) in [6, 6.07) is 18.6. The number of hydrogen-bond donors (Lipinski definition) is 1. The van der Waals surface area contributed by atoms with E-state index in [0.29, 0.717) is 0 Å². The first-order chi connectivity index (χ1) is 9.81. The average molecular weight is 268 g/mol. The maximum atomic E-state index is 10.2. The van der Waals surface area contributed by atoms with Crippen LogP contribution in [-0.2, 0) is 0 Å². The number of benzene rings is 2. The molecule has 0 fully saturated rings. The molecule has 1 atom stereocenters. The molecule has 0 aliphatic rings. The van der Waals surface area contributed by atoms with E-state index in [4.69, 9.17) is 0 Å². The summed E-state index contributed by atoms with van der Waals surface area (Å²) >= 11 is 0. The molecule has 20 heavy (non-hydrogen) atoms. The summed E-state index contributed by atoms with van der Waals surface area (Å²) in [5.74, 6) is 0. The van der Waals surface area contributed by atoms with E-state index in [2.05, 4.69) is 31.2 Å². The van der Waals surface area contributed by atoms with Crippen molar-refractivity contribution in [2.75, 3.05) is 0 Å². The Hall–Kier alpha value is -1.60. The lowest BCUT2D eigenvalue weighted by atomic mass is 9.99. The fourth-order valence-electron chi connectivity index (χ4n) is 2.46. The molecule has 0 radical (unpaired) electrons. The molecule has 2 rings (SSSR count). The van der Waals surface area contributed by atoms with E-state index >= 15 is 0 Å². The van der Waals surface area contributed by atoms with E-state index in [1.165, 1.54) is 30.4 Å². The number of rotatable bonds is 7. The third-order valence-corrected chi connectivity index (χ3v) is 3.73. The maximum absolute atomic E-state index is 10.2. The van der Waals surface area contributed by atoms with Crippen molar-refractivity contribution in [3.8, 4) is 11.1 Å². The minimum atomic E-state index is -0.323. The molecule has 1 heteroatoms. The van der Waals surface area contributed by atoms with Crippen LogP contribution in [0.25, 0.3) is 11.1 Å². The highest BCUT2D eigenvalue weighted by Gasteiger charge is 2.07. The molecule has 0 heterocycles. The van der Waals surface area contributed by atoms with Crippen LogP contribution in [0.15, 0.2) is 54.6 Å². The van der Waals surface area contributed by atoms with Gasteiger partial charge >= 0.3 is 0 Å². The van der Waals surface area contributed by atoms with Gasteiger partial charge in [0.2, 0.25) is 0 Å². The standard InChI is InChI=1S/C19H24O/c1-2-3-4-8-11-19(20)18-14-12-17(13-15-18)16-9-6-5-7-10-16/h5-7,9-10,12-15,19-20H,2-4,8,11H2,1H3. The SMILES string of the molecule is CCCCCCC(O)c1ccc(-c2ccccc2)cc1. The van der Waals surface area contributed by atoms with Crippen molar-refractivity contribution in [3.05, 3.63) is 60.2 Å². The zero-order valence-corrected chi connectivity index (χ0v) is 12.3. The first-order valence-electron chi connectivity index (χ1n) is 7.64. The quantitative estimate of drug-likeness (QED) is 0.670. The smallest absolute Gasteiger partial charge is 0.0790 e. The summed E-state index contributed by atoms with van der Waals surface area (Å²) in [7, 11) is 0. The molecule has 1 nitrogen and oxygen atoms in total. The fourth-order valence-corrected chi connectivity index (χ4v) is 2.46. The van der Waals surface area contributed by atoms with Gasteiger partial charge in [0, 0.05) is 0 Å². The summed E-state index contributed by atoms with van der Waals surface area (Å²) in [6.45, 7) is 2.21. The molecule has 0 aromatic heterocycles. The van der Waals surface area contributed by atoms with Crippen LogP contribution in [-0.4, -0.2) is 5.11 Å². The Labute approximate surface area is 122 Å². The van der Waals surface area contributed by atoms with Crippen LogP contribution in [0.4, 0.5) is 0 Å². The number of unbranched alkanes of at least 4 members (excludes halogenated alkanes) is 3. The fraction of sp³-hybridized carbons (Fsp3) is 0.368. The highest BCUT2D eigenvalue weighted by atomic mass is 16.3. The van der Waals surface area contributed by atoms with Gasteiger partial charge in [-0.25, -0.2) is 0 Å². The molecule has 0 spiro atoms. The molecule has 0 bridgehead atoms. The van der Waals surface area contributed by atoms with Gasteiger partial charge in [-0.1, -0.05) is 87.2 Å². The maximum Gasteiger partial charge on any atom is 0.0790 e. The lowest BCUT2D eigenvalue weighted by Crippen LogP contribution is -1.97. The van der Waals surface area contributed by atoms with Gasteiger partial charge in [-0.2, -0.15) is 0 Å². The van der Waals surface area contributed by atoms with E-state index in [1.54, 1.807) is 0 Å². The second kappa shape index (κ2) is 7.86. The Morgan fingerprint density at radius 2 is 1.45 bits per heavy atom. The molecule has 1 unspecified atom stereocenters. The molecule has 0 amide bonds. The zero-order chi connectivity index (χ0) is 14.2. The van der Waals surface area contributed by atoms with Crippen LogP contribution < -0.4 is 0 Å². The van der Waals surface area contributed by atoms with Crippen molar-refractivity contribution >= 4 is 0 Å². The molecule has 0 aliphatic heterocycles. The number of hydrogen-bond acceptors (Lipinski definition) is 1. The van der Waals surface area contributed by atoms with Crippen LogP contribution >= 0.6 is 0 Å². The average Bonchev–Trinajstić information content (AvgIpc) is 2.52. The predicted molar refractivity (Wildman–Crippen MR) is 85.6 cm³/mol. The second-order valence-corrected chi connectivity index (χ2v) is 5.35. The number of aliphatic hydroxyl groups excluding tert-OH is 1. The van der Waals surface area contributed by atoms with Gasteiger partial charge in [-0.15, -0.1) is 0 Å². The van der Waals surface area contributed by atoms with Crippen molar-refractivity contribution in [2.45, 2.75) is 45.1 Å². The van der Waals surface area contributed by atoms with Gasteiger partial charge < -0.3 is 5.11 Å². The van der Waals surface area contributed by atoms with Gasteiger partial charge in [0.1, 0.15) is 0 Å². The minimum Gasteiger partial charge on any atom is -0.388 e. The van der Waals surface area contributed by atoms with Crippen molar-refractivity contribution in [2.24, 2.45) is 0 Å². The Morgan fingerprint density at radius 1 is 0.800 bits per heavy atom. The summed E-state index contributed by atoms with van der Waals surface area (Å²) in [5, 5.41) is 10.2. The molecule has 106 valence electrons. The van der Waals surface area contributed by atoms with E-state index < -0.39 is 0 Å². The van der Waals surface area contributed by atoms with Gasteiger partial charge in [0.15, 0.2) is 0 Å². The predicted octanol–water partition coefficient (Wildman–Crippen LogP) is 5.36. The third kappa shape index (κ3) is 4.21. The first-order valence-corrected chi connectivity index (χ1v) is 7.64. The van der Waals surface area contributed by atoms with E-state index in [-0.39, 0.29) is 6.10 Å². The summed E-state index contributed by atoms with van der Waals surface area (Å²) < 4.78 is 0. The highest BCUT2D eigenvalue weighted by Crippen LogP contribution is 2.24. The van der Waals surface area contributed by atoms with Crippen molar-refractivity contribution in [1.29, 1.82) is 0 Å². The Kier molecular flexibility index (Phi) is 5.82. The Bertz CT molecular complexity index is 487. The molecule has 0 saturated heterocycles. The van der Waals surface area contributed by atoms with E-state index in [1.807, 2.05) is 30.3 Å². The van der Waals surface area contributed by atoms with Gasteiger partial charge in [-0.05, 0) is 23.1 Å². The van der Waals surface area contributed by atoms with Crippen LogP contribution in [0.1, 0.15) is 50.7 Å². The molecule has 0 aliphatic carbocycles. The molecular weight excluding hydrogens is 244 g/mol. The monoisotopic (exact) mass is 268 g/mol. The van der Waals surface area contributed by atoms with E-state index in [9.17, 15) is 5.11 Å². The van der Waals surface area contributed by atoms with E-state index in [0.717, 1.165) is 18.4 Å². The third-order valence-electron chi connectivity index (χ3n) is 3.73. The normalized spacial score (nSPS) is 12.3. The summed E-state index contributed by atoms with van der Waals surface area (Å²) in [4.78, 5) is 0. The number of aliphatic hydroxyl groups is 1. The summed E-state index contributed by atoms with van der Waals surface area (Å²) in [6.07, 6.45) is 5.37. The van der Waals surface area contributed by atoms with Crippen molar-refractivity contribution in [3.63, 3.8) is 0 Å². The highest BCUT2D eigenvalue weighted by molar-refractivity contribution is 5.63. The van der Waals surface area contributed by atoms with Crippen LogP contribution in [0.2, 0.25) is 0 Å². The van der Waals surface area contributed by atoms with Gasteiger partial charge in [-0.3, -0.25) is 0 Å². The van der Waals surface area contributed by atoms with Crippen molar-refractivity contribution in [1.82, 2.24) is 0 Å². The Morgan fingerprint density at radius 3 is 2.10 bits per heavy atom. The topological polar surface area (TPSA) is 20.2 Å². The molecular formula is C19H24O. The second-order valence-electron chi connectivity index (χ2n) is 5.35. The van der Waals surface area contributed by atoms with Gasteiger partial charge in [0.25, 0.3) is 0 Å². The minimum absolute atomic E-state index is 0.323. The zero-order valence-electron chi connectivity index (χ0n) is 12.3. The molecule has 0 saturated carbocycles.